The molecule has 0 bridgehead atoms. The summed E-state index contributed by atoms with van der Waals surface area (Å²) in [5.41, 5.74) is 6.47. The zero-order valence-corrected chi connectivity index (χ0v) is 21.1. The number of amides is 1. The topological polar surface area (TPSA) is 103 Å². The molecule has 0 aliphatic carbocycles. The van der Waals surface area contributed by atoms with Crippen molar-refractivity contribution in [3.05, 3.63) is 70.3 Å². The number of fused-ring (bicyclic) bond motifs is 2. The van der Waals surface area contributed by atoms with Crippen LogP contribution in [0.3, 0.4) is 0 Å². The van der Waals surface area contributed by atoms with Crippen LogP contribution < -0.4 is 5.32 Å². The van der Waals surface area contributed by atoms with Gasteiger partial charge in [-0.15, -0.1) is 0 Å². The van der Waals surface area contributed by atoms with E-state index in [1.165, 1.54) is 23.3 Å². The number of carbonyl (C=O) groups is 1. The number of halogens is 1. The van der Waals surface area contributed by atoms with Crippen LogP contribution in [-0.4, -0.2) is 60.2 Å². The second-order valence-corrected chi connectivity index (χ2v) is 10.3. The maximum Gasteiger partial charge on any atom is 0.256 e. The van der Waals surface area contributed by atoms with E-state index in [4.69, 9.17) is 4.98 Å². The number of nitrogens with zero attached hydrogens (tertiary/aromatic N) is 6. The van der Waals surface area contributed by atoms with E-state index in [0.717, 1.165) is 36.5 Å². The Morgan fingerprint density at radius 1 is 1.08 bits per heavy atom. The molecule has 0 saturated carbocycles. The Labute approximate surface area is 214 Å². The molecule has 190 valence electrons. The molecular formula is C27H29FN8O. The first-order valence-electron chi connectivity index (χ1n) is 12.6. The zero-order chi connectivity index (χ0) is 25.7. The Morgan fingerprint density at radius 2 is 1.84 bits per heavy atom. The highest BCUT2D eigenvalue weighted by atomic mass is 19.1. The van der Waals surface area contributed by atoms with E-state index in [2.05, 4.69) is 69.6 Å². The second-order valence-electron chi connectivity index (χ2n) is 10.3. The lowest BCUT2D eigenvalue weighted by atomic mass is 9.92. The SMILES string of the molecule is Cc1cc(C)cc(Nc2ncc3c(n2)CN([C@H]2CCN(C(=O)c4cc5n[nH]nc5cc4F)C[C@H]2C)C3)c1. The number of hydrogen-bond acceptors (Lipinski definition) is 7. The van der Waals surface area contributed by atoms with Crippen molar-refractivity contribution in [2.24, 2.45) is 5.92 Å². The first-order valence-corrected chi connectivity index (χ1v) is 12.6. The van der Waals surface area contributed by atoms with E-state index < -0.39 is 5.82 Å². The minimum atomic E-state index is -0.569. The summed E-state index contributed by atoms with van der Waals surface area (Å²) in [6, 6.07) is 9.35. The lowest BCUT2D eigenvalue weighted by Gasteiger charge is -2.41. The summed E-state index contributed by atoms with van der Waals surface area (Å²) in [7, 11) is 0. The standard InChI is InChI=1S/C27H29FN8O/c1-15-6-16(2)8-19(7-15)30-27-29-11-18-13-36(14-24(18)31-27)25-4-5-35(12-17(25)3)26(37)20-9-22-23(10-21(20)28)33-34-32-22/h6-11,17,25H,4-5,12-14H2,1-3H3,(H,29,30,31)(H,32,33,34)/t17-,25+/m1/s1. The van der Waals surface area contributed by atoms with Gasteiger partial charge in [-0.2, -0.15) is 15.4 Å². The predicted molar refractivity (Wildman–Crippen MR) is 138 cm³/mol. The van der Waals surface area contributed by atoms with Crippen molar-refractivity contribution in [2.45, 2.75) is 46.3 Å². The summed E-state index contributed by atoms with van der Waals surface area (Å²) < 4.78 is 14.6. The van der Waals surface area contributed by atoms with Crippen molar-refractivity contribution < 1.29 is 9.18 Å². The number of aromatic nitrogens is 5. The molecule has 0 spiro atoms. The maximum absolute atomic E-state index is 14.6. The van der Waals surface area contributed by atoms with Crippen molar-refractivity contribution in [2.75, 3.05) is 18.4 Å². The number of hydrogen-bond donors (Lipinski definition) is 2. The molecule has 10 heteroatoms. The van der Waals surface area contributed by atoms with Gasteiger partial charge in [-0.05, 0) is 55.5 Å². The average molecular weight is 501 g/mol. The van der Waals surface area contributed by atoms with Crippen LogP contribution in [0.1, 0.15) is 46.1 Å². The first kappa shape index (κ1) is 23.5. The molecular weight excluding hydrogens is 471 g/mol. The summed E-state index contributed by atoms with van der Waals surface area (Å²) in [4.78, 5) is 26.7. The van der Waals surface area contributed by atoms with Gasteiger partial charge in [0.2, 0.25) is 5.95 Å². The molecule has 6 rings (SSSR count). The number of anilines is 2. The summed E-state index contributed by atoms with van der Waals surface area (Å²) in [6.45, 7) is 8.99. The quantitative estimate of drug-likeness (QED) is 0.435. The molecule has 1 fully saturated rings. The Bertz CT molecular complexity index is 1480. The van der Waals surface area contributed by atoms with Gasteiger partial charge in [0.15, 0.2) is 0 Å². The average Bonchev–Trinajstić information content (AvgIpc) is 3.48. The van der Waals surface area contributed by atoms with Crippen molar-refractivity contribution in [3.8, 4) is 0 Å². The smallest absolute Gasteiger partial charge is 0.256 e. The van der Waals surface area contributed by atoms with Crippen LogP contribution in [0, 0.1) is 25.6 Å². The lowest BCUT2D eigenvalue weighted by molar-refractivity contribution is 0.0441. The molecule has 2 aliphatic rings. The van der Waals surface area contributed by atoms with Gasteiger partial charge < -0.3 is 10.2 Å². The van der Waals surface area contributed by atoms with Crippen molar-refractivity contribution >= 4 is 28.6 Å². The van der Waals surface area contributed by atoms with Crippen molar-refractivity contribution in [3.63, 3.8) is 0 Å². The van der Waals surface area contributed by atoms with E-state index in [9.17, 15) is 9.18 Å². The third-order valence-corrected chi connectivity index (χ3v) is 7.41. The molecule has 9 nitrogen and oxygen atoms in total. The minimum Gasteiger partial charge on any atom is -0.338 e. The van der Waals surface area contributed by atoms with Crippen LogP contribution >= 0.6 is 0 Å². The fourth-order valence-electron chi connectivity index (χ4n) is 5.71. The molecule has 0 radical (unpaired) electrons. The van der Waals surface area contributed by atoms with Crippen molar-refractivity contribution in [1.29, 1.82) is 0 Å². The fraction of sp³-hybridized carbons (Fsp3) is 0.370. The number of aryl methyl sites for hydroxylation is 2. The number of benzene rings is 2. The molecule has 1 saturated heterocycles. The minimum absolute atomic E-state index is 0.0414. The van der Waals surface area contributed by atoms with Gasteiger partial charge in [0.05, 0.1) is 11.3 Å². The Morgan fingerprint density at radius 3 is 2.59 bits per heavy atom. The molecule has 2 atom stereocenters. The number of aromatic amines is 1. The number of rotatable bonds is 4. The van der Waals surface area contributed by atoms with Gasteiger partial charge in [-0.3, -0.25) is 9.69 Å². The van der Waals surface area contributed by atoms with Crippen LogP contribution in [0.15, 0.2) is 36.5 Å². The van der Waals surface area contributed by atoms with Gasteiger partial charge in [0, 0.05) is 55.7 Å². The highest BCUT2D eigenvalue weighted by molar-refractivity contribution is 5.97. The molecule has 0 unspecified atom stereocenters. The Hall–Kier alpha value is -3.92. The monoisotopic (exact) mass is 500 g/mol. The van der Waals surface area contributed by atoms with E-state index in [1.54, 1.807) is 4.90 Å². The van der Waals surface area contributed by atoms with E-state index in [-0.39, 0.29) is 17.4 Å². The van der Waals surface area contributed by atoms with Gasteiger partial charge >= 0.3 is 0 Å². The second kappa shape index (κ2) is 9.19. The summed E-state index contributed by atoms with van der Waals surface area (Å²) >= 11 is 0. The first-order chi connectivity index (χ1) is 17.8. The molecule has 2 aromatic carbocycles. The summed E-state index contributed by atoms with van der Waals surface area (Å²) in [5, 5.41) is 13.7. The highest BCUT2D eigenvalue weighted by Gasteiger charge is 2.36. The zero-order valence-electron chi connectivity index (χ0n) is 21.1. The Kier molecular flexibility index (Phi) is 5.83. The lowest BCUT2D eigenvalue weighted by Crippen LogP contribution is -2.50. The van der Waals surface area contributed by atoms with E-state index >= 15 is 0 Å². The van der Waals surface area contributed by atoms with Crippen molar-refractivity contribution in [1.82, 2.24) is 35.2 Å². The van der Waals surface area contributed by atoms with Gasteiger partial charge in [-0.25, -0.2) is 14.4 Å². The molecule has 37 heavy (non-hydrogen) atoms. The molecule has 2 N–H and O–H groups in total. The van der Waals surface area contributed by atoms with Gasteiger partial charge in [-0.1, -0.05) is 13.0 Å². The third-order valence-electron chi connectivity index (χ3n) is 7.41. The highest BCUT2D eigenvalue weighted by Crippen LogP contribution is 2.31. The molecule has 2 aromatic heterocycles. The Balaban J connectivity index is 1.12. The number of carbonyl (C=O) groups excluding carboxylic acids is 1. The van der Waals surface area contributed by atoms with Gasteiger partial charge in [0.1, 0.15) is 16.9 Å². The number of likely N-dealkylation sites (tertiary alicyclic amines) is 1. The van der Waals surface area contributed by atoms with Crippen LogP contribution in [0.25, 0.3) is 11.0 Å². The number of piperidine rings is 1. The number of H-pyrrole nitrogens is 1. The van der Waals surface area contributed by atoms with E-state index in [1.807, 2.05) is 6.20 Å². The van der Waals surface area contributed by atoms with Gasteiger partial charge in [0.25, 0.3) is 5.91 Å². The van der Waals surface area contributed by atoms with E-state index in [0.29, 0.717) is 36.1 Å². The van der Waals surface area contributed by atoms with Crippen LogP contribution in [0.5, 0.6) is 0 Å². The van der Waals surface area contributed by atoms with Crippen LogP contribution in [0.2, 0.25) is 0 Å². The maximum atomic E-state index is 14.6. The fourth-order valence-corrected chi connectivity index (χ4v) is 5.71. The normalized spacial score (nSPS) is 19.8. The molecule has 4 heterocycles. The van der Waals surface area contributed by atoms with Crippen LogP contribution in [0.4, 0.5) is 16.0 Å². The third kappa shape index (κ3) is 4.53. The molecule has 1 amide bonds. The predicted octanol–water partition coefficient (Wildman–Crippen LogP) is 4.11. The molecule has 2 aliphatic heterocycles. The summed E-state index contributed by atoms with van der Waals surface area (Å²) in [6.07, 6.45) is 2.73. The molecule has 4 aromatic rings. The number of nitrogens with one attached hydrogen (secondary N) is 2. The van der Waals surface area contributed by atoms with Crippen LogP contribution in [-0.2, 0) is 13.1 Å². The summed E-state index contributed by atoms with van der Waals surface area (Å²) in [5.74, 6) is -0.0396. The largest absolute Gasteiger partial charge is 0.338 e.